The summed E-state index contributed by atoms with van der Waals surface area (Å²) in [6.07, 6.45) is 10.00. The molecule has 0 heterocycles. The Bertz CT molecular complexity index is 565. The number of ether oxygens (including phenoxy) is 2. The van der Waals surface area contributed by atoms with Gasteiger partial charge in [-0.25, -0.2) is 0 Å². The van der Waals surface area contributed by atoms with Gasteiger partial charge >= 0.3 is 11.9 Å². The number of carbonyl (C=O) groups excluding carboxylic acids is 2. The van der Waals surface area contributed by atoms with Gasteiger partial charge in [-0.05, 0) is 31.7 Å². The molecule has 1 rings (SSSR count). The van der Waals surface area contributed by atoms with Crippen LogP contribution in [0.25, 0.3) is 6.08 Å². The zero-order valence-electron chi connectivity index (χ0n) is 14.2. The van der Waals surface area contributed by atoms with Crippen molar-refractivity contribution in [3.05, 3.63) is 42.0 Å². The summed E-state index contributed by atoms with van der Waals surface area (Å²) in [6, 6.07) is 9.76. The lowest BCUT2D eigenvalue weighted by Crippen LogP contribution is -2.30. The summed E-state index contributed by atoms with van der Waals surface area (Å²) in [4.78, 5) is 24.1. The molecule has 0 saturated carbocycles. The Morgan fingerprint density at radius 1 is 1.12 bits per heavy atom. The molecule has 0 amide bonds. The van der Waals surface area contributed by atoms with Gasteiger partial charge in [0.05, 0.1) is 13.2 Å². The molecule has 0 saturated heterocycles. The van der Waals surface area contributed by atoms with Gasteiger partial charge in [-0.15, -0.1) is 12.3 Å². The zero-order valence-corrected chi connectivity index (χ0v) is 14.2. The van der Waals surface area contributed by atoms with Crippen LogP contribution in [0.5, 0.6) is 0 Å². The highest BCUT2D eigenvalue weighted by Gasteiger charge is 2.31. The normalized spacial score (nSPS) is 11.9. The van der Waals surface area contributed by atoms with Crippen LogP contribution in [0.15, 0.2) is 36.4 Å². The molecule has 4 heteroatoms. The van der Waals surface area contributed by atoms with Gasteiger partial charge < -0.3 is 9.47 Å². The van der Waals surface area contributed by atoms with Gasteiger partial charge in [0.1, 0.15) is 0 Å². The first-order chi connectivity index (χ1) is 11.6. The van der Waals surface area contributed by atoms with Crippen molar-refractivity contribution < 1.29 is 19.1 Å². The van der Waals surface area contributed by atoms with E-state index in [9.17, 15) is 9.59 Å². The van der Waals surface area contributed by atoms with E-state index in [4.69, 9.17) is 15.9 Å². The van der Waals surface area contributed by atoms with Gasteiger partial charge in [-0.3, -0.25) is 9.59 Å². The van der Waals surface area contributed by atoms with Gasteiger partial charge in [-0.1, -0.05) is 42.5 Å². The lowest BCUT2D eigenvalue weighted by atomic mass is 9.91. The third-order valence-corrected chi connectivity index (χ3v) is 3.42. The molecule has 0 aliphatic heterocycles. The molecule has 1 aromatic rings. The fourth-order valence-electron chi connectivity index (χ4n) is 2.27. The maximum Gasteiger partial charge on any atom is 0.320 e. The molecule has 0 N–H and O–H groups in total. The number of benzene rings is 1. The van der Waals surface area contributed by atoms with Crippen LogP contribution in [0.1, 0.15) is 32.3 Å². The molecule has 1 atom stereocenters. The van der Waals surface area contributed by atoms with Gasteiger partial charge in [0.2, 0.25) is 0 Å². The van der Waals surface area contributed by atoms with E-state index in [1.807, 2.05) is 42.5 Å². The van der Waals surface area contributed by atoms with Gasteiger partial charge in [0.15, 0.2) is 5.92 Å². The predicted octanol–water partition coefficient (Wildman–Crippen LogP) is 3.47. The molecule has 0 fully saturated rings. The summed E-state index contributed by atoms with van der Waals surface area (Å²) < 4.78 is 10.00. The lowest BCUT2D eigenvalue weighted by Gasteiger charge is -2.18. The van der Waals surface area contributed by atoms with Crippen LogP contribution in [0.2, 0.25) is 0 Å². The molecule has 1 unspecified atom stereocenters. The van der Waals surface area contributed by atoms with E-state index >= 15 is 0 Å². The Morgan fingerprint density at radius 2 is 1.71 bits per heavy atom. The first-order valence-corrected chi connectivity index (χ1v) is 8.12. The quantitative estimate of drug-likeness (QED) is 0.396. The van der Waals surface area contributed by atoms with Crippen molar-refractivity contribution in [3.63, 3.8) is 0 Å². The SMILES string of the molecule is C#CCC(/C=C/c1ccccc1)CC(C(=O)OCC)C(=O)OCC. The second kappa shape index (κ2) is 11.1. The fraction of sp³-hybridized carbons (Fsp3) is 0.400. The molecule has 1 aromatic carbocycles. The van der Waals surface area contributed by atoms with Gasteiger partial charge in [0, 0.05) is 6.42 Å². The van der Waals surface area contributed by atoms with Crippen molar-refractivity contribution in [1.82, 2.24) is 0 Å². The van der Waals surface area contributed by atoms with E-state index in [0.29, 0.717) is 6.42 Å². The topological polar surface area (TPSA) is 52.6 Å². The lowest BCUT2D eigenvalue weighted by molar-refractivity contribution is -0.162. The molecular weight excluding hydrogens is 304 g/mol. The molecule has 0 aromatic heterocycles. The summed E-state index contributed by atoms with van der Waals surface area (Å²) >= 11 is 0. The Balaban J connectivity index is 2.87. The Morgan fingerprint density at radius 3 is 2.21 bits per heavy atom. The number of allylic oxidation sites excluding steroid dienone is 1. The highest BCUT2D eigenvalue weighted by atomic mass is 16.6. The van der Waals surface area contributed by atoms with E-state index in [1.165, 1.54) is 0 Å². The van der Waals surface area contributed by atoms with E-state index in [-0.39, 0.29) is 25.6 Å². The molecule has 128 valence electrons. The van der Waals surface area contributed by atoms with Crippen LogP contribution in [0.3, 0.4) is 0 Å². The Labute approximate surface area is 143 Å². The molecule has 0 aliphatic rings. The molecule has 0 aliphatic carbocycles. The van der Waals surface area contributed by atoms with Crippen molar-refractivity contribution in [2.75, 3.05) is 13.2 Å². The second-order valence-corrected chi connectivity index (χ2v) is 5.23. The third kappa shape index (κ3) is 6.70. The zero-order chi connectivity index (χ0) is 17.8. The van der Waals surface area contributed by atoms with E-state index in [0.717, 1.165) is 5.56 Å². The van der Waals surface area contributed by atoms with Gasteiger partial charge in [-0.2, -0.15) is 0 Å². The van der Waals surface area contributed by atoms with E-state index in [1.54, 1.807) is 13.8 Å². The average molecular weight is 328 g/mol. The third-order valence-electron chi connectivity index (χ3n) is 3.42. The fourth-order valence-corrected chi connectivity index (χ4v) is 2.27. The molecular formula is C20H24O4. The minimum Gasteiger partial charge on any atom is -0.465 e. The van der Waals surface area contributed by atoms with Crippen LogP contribution < -0.4 is 0 Å². The first-order valence-electron chi connectivity index (χ1n) is 8.12. The van der Waals surface area contributed by atoms with Crippen molar-refractivity contribution in [3.8, 4) is 12.3 Å². The van der Waals surface area contributed by atoms with Crippen molar-refractivity contribution in [1.29, 1.82) is 0 Å². The first kappa shape index (κ1) is 19.5. The Kier molecular flexibility index (Phi) is 8.99. The van der Waals surface area contributed by atoms with Gasteiger partial charge in [0.25, 0.3) is 0 Å². The number of carbonyl (C=O) groups is 2. The monoisotopic (exact) mass is 328 g/mol. The van der Waals surface area contributed by atoms with E-state index < -0.39 is 17.9 Å². The highest BCUT2D eigenvalue weighted by Crippen LogP contribution is 2.21. The number of hydrogen-bond acceptors (Lipinski definition) is 4. The smallest absolute Gasteiger partial charge is 0.320 e. The number of esters is 2. The minimum atomic E-state index is -0.955. The summed E-state index contributed by atoms with van der Waals surface area (Å²) in [6.45, 7) is 3.84. The molecule has 24 heavy (non-hydrogen) atoms. The van der Waals surface area contributed by atoms with Crippen LogP contribution in [-0.2, 0) is 19.1 Å². The number of rotatable bonds is 9. The largest absolute Gasteiger partial charge is 0.465 e. The maximum atomic E-state index is 12.1. The summed E-state index contributed by atoms with van der Waals surface area (Å²) in [5, 5.41) is 0. The van der Waals surface area contributed by atoms with Crippen molar-refractivity contribution >= 4 is 18.0 Å². The standard InChI is InChI=1S/C20H24O4/c1-4-10-17(14-13-16-11-8-7-9-12-16)15-18(19(21)23-5-2)20(22)24-6-3/h1,7-9,11-14,17-18H,5-6,10,15H2,2-3H3/b14-13+. The number of hydrogen-bond donors (Lipinski definition) is 0. The van der Waals surface area contributed by atoms with Crippen molar-refractivity contribution in [2.24, 2.45) is 11.8 Å². The van der Waals surface area contributed by atoms with E-state index in [2.05, 4.69) is 5.92 Å². The Hall–Kier alpha value is -2.54. The predicted molar refractivity (Wildman–Crippen MR) is 93.8 cm³/mol. The summed E-state index contributed by atoms with van der Waals surface area (Å²) in [7, 11) is 0. The average Bonchev–Trinajstić information content (AvgIpc) is 2.58. The van der Waals surface area contributed by atoms with Crippen LogP contribution in [0, 0.1) is 24.2 Å². The molecule has 4 nitrogen and oxygen atoms in total. The summed E-state index contributed by atoms with van der Waals surface area (Å²) in [5.74, 6) is 0.397. The molecule has 0 spiro atoms. The second-order valence-electron chi connectivity index (χ2n) is 5.23. The molecule has 0 bridgehead atoms. The number of terminal acetylenes is 1. The van der Waals surface area contributed by atoms with Crippen LogP contribution in [-0.4, -0.2) is 25.2 Å². The summed E-state index contributed by atoms with van der Waals surface area (Å²) in [5.41, 5.74) is 1.03. The maximum absolute atomic E-state index is 12.1. The molecule has 0 radical (unpaired) electrons. The van der Waals surface area contributed by atoms with Crippen molar-refractivity contribution in [2.45, 2.75) is 26.7 Å². The van der Waals surface area contributed by atoms with Crippen LogP contribution in [0.4, 0.5) is 0 Å². The van der Waals surface area contributed by atoms with Crippen LogP contribution >= 0.6 is 0 Å². The minimum absolute atomic E-state index is 0.117. The highest BCUT2D eigenvalue weighted by molar-refractivity contribution is 5.94.